The lowest BCUT2D eigenvalue weighted by Crippen LogP contribution is -2.66. The van der Waals surface area contributed by atoms with Gasteiger partial charge in [-0.15, -0.1) is 0 Å². The minimum atomic E-state index is -0.0952. The Bertz CT molecular complexity index is 209. The normalized spacial score (nSPS) is 26.2. The third-order valence-electron chi connectivity index (χ3n) is 3.19. The van der Waals surface area contributed by atoms with Crippen LogP contribution in [0.15, 0.2) is 0 Å². The maximum absolute atomic E-state index is 5.88. The molecule has 1 aliphatic heterocycles. The first-order chi connectivity index (χ1) is 6.96. The molecule has 0 amide bonds. The summed E-state index contributed by atoms with van der Waals surface area (Å²) in [4.78, 5) is 2.41. The lowest BCUT2D eigenvalue weighted by molar-refractivity contribution is -0.114. The number of rotatable bonds is 4. The number of hydrogen-bond acceptors (Lipinski definition) is 4. The smallest absolute Gasteiger partial charge is 0.0656 e. The van der Waals surface area contributed by atoms with Gasteiger partial charge in [0.15, 0.2) is 0 Å². The molecule has 4 heteroatoms. The zero-order valence-corrected chi connectivity index (χ0v) is 10.4. The Hall–Kier alpha value is -0.160. The zero-order chi connectivity index (χ0) is 11.5. The fourth-order valence-electron chi connectivity index (χ4n) is 2.42. The fraction of sp³-hybridized carbons (Fsp3) is 1.00. The van der Waals surface area contributed by atoms with Crippen LogP contribution in [-0.2, 0) is 9.47 Å². The van der Waals surface area contributed by atoms with Crippen LogP contribution in [0.1, 0.15) is 20.8 Å². The summed E-state index contributed by atoms with van der Waals surface area (Å²) in [6.45, 7) is 10.3. The largest absolute Gasteiger partial charge is 0.383 e. The summed E-state index contributed by atoms with van der Waals surface area (Å²) in [7, 11) is 1.72. The molecule has 0 spiro atoms. The topological polar surface area (TPSA) is 47.7 Å². The van der Waals surface area contributed by atoms with E-state index in [0.29, 0.717) is 13.2 Å². The fourth-order valence-corrected chi connectivity index (χ4v) is 2.42. The molecule has 1 saturated heterocycles. The van der Waals surface area contributed by atoms with Gasteiger partial charge in [0.05, 0.1) is 25.4 Å². The maximum Gasteiger partial charge on any atom is 0.0656 e. The second-order valence-electron chi connectivity index (χ2n) is 5.15. The molecule has 1 heterocycles. The Morgan fingerprint density at radius 3 is 2.67 bits per heavy atom. The van der Waals surface area contributed by atoms with Crippen LogP contribution in [0.4, 0.5) is 0 Å². The second-order valence-corrected chi connectivity index (χ2v) is 5.15. The maximum atomic E-state index is 5.88. The van der Waals surface area contributed by atoms with Gasteiger partial charge in [-0.05, 0) is 20.8 Å². The molecule has 1 unspecified atom stereocenters. The monoisotopic (exact) mass is 216 g/mol. The van der Waals surface area contributed by atoms with Crippen molar-refractivity contribution in [2.24, 2.45) is 5.73 Å². The first-order valence-corrected chi connectivity index (χ1v) is 5.51. The minimum Gasteiger partial charge on any atom is -0.383 e. The molecule has 0 aliphatic carbocycles. The molecular weight excluding hydrogens is 192 g/mol. The number of nitrogens with two attached hydrogens (primary N) is 1. The highest BCUT2D eigenvalue weighted by atomic mass is 16.5. The third-order valence-corrected chi connectivity index (χ3v) is 3.19. The van der Waals surface area contributed by atoms with Gasteiger partial charge in [-0.25, -0.2) is 0 Å². The van der Waals surface area contributed by atoms with Gasteiger partial charge in [0, 0.05) is 25.7 Å². The van der Waals surface area contributed by atoms with Crippen molar-refractivity contribution in [1.82, 2.24) is 4.90 Å². The van der Waals surface area contributed by atoms with Crippen molar-refractivity contribution in [1.29, 1.82) is 0 Å². The van der Waals surface area contributed by atoms with E-state index in [1.807, 2.05) is 0 Å². The first-order valence-electron chi connectivity index (χ1n) is 5.51. The van der Waals surface area contributed by atoms with Gasteiger partial charge in [0.25, 0.3) is 0 Å². The van der Waals surface area contributed by atoms with Crippen molar-refractivity contribution in [2.45, 2.75) is 31.8 Å². The molecule has 0 aromatic rings. The molecule has 0 radical (unpaired) electrons. The van der Waals surface area contributed by atoms with E-state index in [0.717, 1.165) is 19.8 Å². The second kappa shape index (κ2) is 4.78. The summed E-state index contributed by atoms with van der Waals surface area (Å²) in [6, 6.07) is 0. The van der Waals surface area contributed by atoms with E-state index in [-0.39, 0.29) is 11.1 Å². The van der Waals surface area contributed by atoms with Crippen LogP contribution < -0.4 is 5.73 Å². The predicted molar refractivity (Wildman–Crippen MR) is 60.9 cm³/mol. The van der Waals surface area contributed by atoms with Crippen LogP contribution >= 0.6 is 0 Å². The van der Waals surface area contributed by atoms with E-state index >= 15 is 0 Å². The van der Waals surface area contributed by atoms with E-state index in [2.05, 4.69) is 25.7 Å². The van der Waals surface area contributed by atoms with E-state index in [9.17, 15) is 0 Å². The SMILES string of the molecule is COCC(C)(CN)N1CCOCC1(C)C. The van der Waals surface area contributed by atoms with Crippen molar-refractivity contribution in [3.63, 3.8) is 0 Å². The Balaban J connectivity index is 2.81. The van der Waals surface area contributed by atoms with Crippen LogP contribution in [-0.4, -0.2) is 56.0 Å². The predicted octanol–water partition coefficient (Wildman–Crippen LogP) is 0.461. The molecule has 2 N–H and O–H groups in total. The summed E-state index contributed by atoms with van der Waals surface area (Å²) in [6.07, 6.45) is 0. The van der Waals surface area contributed by atoms with Crippen LogP contribution in [0.25, 0.3) is 0 Å². The lowest BCUT2D eigenvalue weighted by atomic mass is 9.91. The van der Waals surface area contributed by atoms with Crippen molar-refractivity contribution >= 4 is 0 Å². The van der Waals surface area contributed by atoms with Gasteiger partial charge in [-0.2, -0.15) is 0 Å². The quantitative estimate of drug-likeness (QED) is 0.742. The Labute approximate surface area is 92.7 Å². The van der Waals surface area contributed by atoms with E-state index in [1.165, 1.54) is 0 Å². The molecular formula is C11H24N2O2. The molecule has 1 aliphatic rings. The highest BCUT2D eigenvalue weighted by molar-refractivity contribution is 4.97. The Morgan fingerprint density at radius 1 is 1.53 bits per heavy atom. The van der Waals surface area contributed by atoms with Gasteiger partial charge >= 0.3 is 0 Å². The number of nitrogens with zero attached hydrogens (tertiary/aromatic N) is 1. The minimum absolute atomic E-state index is 0.0326. The molecule has 15 heavy (non-hydrogen) atoms. The summed E-state index contributed by atoms with van der Waals surface area (Å²) in [5, 5.41) is 0. The number of morpholine rings is 1. The molecule has 1 rings (SSSR count). The Kier molecular flexibility index (Phi) is 4.12. The highest BCUT2D eigenvalue weighted by Gasteiger charge is 2.41. The molecule has 0 aromatic carbocycles. The third kappa shape index (κ3) is 2.69. The van der Waals surface area contributed by atoms with Crippen molar-refractivity contribution < 1.29 is 9.47 Å². The number of methoxy groups -OCH3 is 1. The summed E-state index contributed by atoms with van der Waals surface area (Å²) in [5.41, 5.74) is 5.82. The molecule has 90 valence electrons. The molecule has 4 nitrogen and oxygen atoms in total. The zero-order valence-electron chi connectivity index (χ0n) is 10.4. The molecule has 1 atom stereocenters. The summed E-state index contributed by atoms with van der Waals surface area (Å²) < 4.78 is 10.8. The molecule has 0 saturated carbocycles. The number of hydrogen-bond donors (Lipinski definition) is 1. The molecule has 0 bridgehead atoms. The average Bonchev–Trinajstić information content (AvgIpc) is 2.17. The molecule has 1 fully saturated rings. The molecule has 0 aromatic heterocycles. The van der Waals surface area contributed by atoms with Crippen molar-refractivity contribution in [2.75, 3.05) is 40.0 Å². The van der Waals surface area contributed by atoms with Crippen LogP contribution in [0, 0.1) is 0 Å². The van der Waals surface area contributed by atoms with Gasteiger partial charge in [0.1, 0.15) is 0 Å². The van der Waals surface area contributed by atoms with Crippen molar-refractivity contribution in [3.8, 4) is 0 Å². The lowest BCUT2D eigenvalue weighted by Gasteiger charge is -2.51. The summed E-state index contributed by atoms with van der Waals surface area (Å²) in [5.74, 6) is 0. The highest BCUT2D eigenvalue weighted by Crippen LogP contribution is 2.27. The van der Waals surface area contributed by atoms with E-state index in [1.54, 1.807) is 7.11 Å². The Morgan fingerprint density at radius 2 is 2.20 bits per heavy atom. The number of ether oxygens (including phenoxy) is 2. The first kappa shape index (κ1) is 12.9. The van der Waals surface area contributed by atoms with Crippen LogP contribution in [0.2, 0.25) is 0 Å². The van der Waals surface area contributed by atoms with Gasteiger partial charge < -0.3 is 15.2 Å². The van der Waals surface area contributed by atoms with E-state index in [4.69, 9.17) is 15.2 Å². The average molecular weight is 216 g/mol. The van der Waals surface area contributed by atoms with Gasteiger partial charge in [0.2, 0.25) is 0 Å². The van der Waals surface area contributed by atoms with Crippen LogP contribution in [0.5, 0.6) is 0 Å². The van der Waals surface area contributed by atoms with Crippen molar-refractivity contribution in [3.05, 3.63) is 0 Å². The summed E-state index contributed by atoms with van der Waals surface area (Å²) >= 11 is 0. The van der Waals surface area contributed by atoms with Crippen LogP contribution in [0.3, 0.4) is 0 Å². The van der Waals surface area contributed by atoms with Gasteiger partial charge in [-0.1, -0.05) is 0 Å². The van der Waals surface area contributed by atoms with E-state index < -0.39 is 0 Å². The van der Waals surface area contributed by atoms with Gasteiger partial charge in [-0.3, -0.25) is 4.90 Å². The standard InChI is InChI=1S/C11H24N2O2/c1-10(2)8-15-6-5-13(10)11(3,7-12)9-14-4/h5-9,12H2,1-4H3.